The molecule has 39 heavy (non-hydrogen) atoms. The van der Waals surface area contributed by atoms with Gasteiger partial charge in [-0.15, -0.1) is 0 Å². The molecule has 0 aromatic carbocycles. The van der Waals surface area contributed by atoms with Crippen LogP contribution in [-0.4, -0.2) is 55.5 Å². The Kier molecular flexibility index (Phi) is 7.16. The van der Waals surface area contributed by atoms with E-state index in [0.717, 1.165) is 54.4 Å². The van der Waals surface area contributed by atoms with Crippen molar-refractivity contribution in [1.82, 2.24) is 29.7 Å². The van der Waals surface area contributed by atoms with E-state index in [-0.39, 0.29) is 11.9 Å². The number of hydrogen-bond donors (Lipinski definition) is 1. The maximum absolute atomic E-state index is 11.8. The minimum atomic E-state index is -0.636. The summed E-state index contributed by atoms with van der Waals surface area (Å²) in [7, 11) is 1.78. The number of H-pyrrole nitrogens is 1. The summed E-state index contributed by atoms with van der Waals surface area (Å²) in [4.78, 5) is 31.3. The van der Waals surface area contributed by atoms with Gasteiger partial charge in [-0.25, -0.2) is 14.8 Å². The predicted molar refractivity (Wildman–Crippen MR) is 150 cm³/mol. The Labute approximate surface area is 231 Å². The minimum Gasteiger partial charge on any atom is -0.380 e. The first-order valence-corrected chi connectivity index (χ1v) is 14.2. The molecule has 1 unspecified atom stereocenters. The highest BCUT2D eigenvalue weighted by atomic mass is 35.5. The van der Waals surface area contributed by atoms with Gasteiger partial charge in [0.25, 0.3) is 0 Å². The number of ether oxygens (including phenoxy) is 1. The van der Waals surface area contributed by atoms with Gasteiger partial charge < -0.3 is 14.2 Å². The second-order valence-electron chi connectivity index (χ2n) is 11.1. The van der Waals surface area contributed by atoms with Gasteiger partial charge in [-0.3, -0.25) is 14.5 Å². The van der Waals surface area contributed by atoms with Crippen molar-refractivity contribution in [2.75, 3.05) is 18.6 Å². The maximum atomic E-state index is 11.8. The maximum Gasteiger partial charge on any atom is 0.439 e. The van der Waals surface area contributed by atoms with E-state index >= 15 is 0 Å². The summed E-state index contributed by atoms with van der Waals surface area (Å²) in [6, 6.07) is 4.04. The summed E-state index contributed by atoms with van der Waals surface area (Å²) in [6.45, 7) is 6.22. The van der Waals surface area contributed by atoms with Gasteiger partial charge in [0.2, 0.25) is 11.8 Å². The number of aromatic amines is 1. The van der Waals surface area contributed by atoms with E-state index in [2.05, 4.69) is 38.4 Å². The fraction of sp³-hybridized carbons (Fsp3) is 0.536. The number of rotatable bonds is 6. The fourth-order valence-corrected chi connectivity index (χ4v) is 6.23. The van der Waals surface area contributed by atoms with E-state index < -0.39 is 5.76 Å². The Balaban J connectivity index is 1.57. The third-order valence-electron chi connectivity index (χ3n) is 8.37. The molecule has 0 spiro atoms. The van der Waals surface area contributed by atoms with E-state index in [1.54, 1.807) is 19.5 Å². The molecule has 0 radical (unpaired) electrons. The van der Waals surface area contributed by atoms with Crippen molar-refractivity contribution in [2.24, 2.45) is 11.8 Å². The van der Waals surface area contributed by atoms with Crippen LogP contribution in [0.3, 0.4) is 0 Å². The van der Waals surface area contributed by atoms with Crippen molar-refractivity contribution in [3.63, 3.8) is 0 Å². The van der Waals surface area contributed by atoms with Crippen molar-refractivity contribution in [3.05, 3.63) is 40.1 Å². The highest BCUT2D eigenvalue weighted by Gasteiger charge is 2.32. The highest BCUT2D eigenvalue weighted by Crippen LogP contribution is 2.38. The van der Waals surface area contributed by atoms with Crippen LogP contribution >= 0.6 is 11.6 Å². The molecule has 2 atom stereocenters. The van der Waals surface area contributed by atoms with E-state index in [1.165, 1.54) is 25.7 Å². The molecule has 1 saturated heterocycles. The molecule has 5 heterocycles. The smallest absolute Gasteiger partial charge is 0.380 e. The van der Waals surface area contributed by atoms with Crippen molar-refractivity contribution in [1.29, 1.82) is 0 Å². The largest absolute Gasteiger partial charge is 0.439 e. The SMILES string of the molecule is COC1CC[C@@H](C)N(c2nc3cc(-c4noc(=O)[nH]4)nc(-c4cncc(Cl)c4)c3n2CC2CCC(C)CC2)C1. The first kappa shape index (κ1) is 26.0. The second-order valence-corrected chi connectivity index (χ2v) is 11.6. The quantitative estimate of drug-likeness (QED) is 0.342. The van der Waals surface area contributed by atoms with Crippen LogP contribution in [-0.2, 0) is 11.3 Å². The van der Waals surface area contributed by atoms with E-state index in [0.29, 0.717) is 28.4 Å². The molecule has 0 amide bonds. The van der Waals surface area contributed by atoms with Gasteiger partial charge in [0, 0.05) is 44.2 Å². The van der Waals surface area contributed by atoms with Gasteiger partial charge in [-0.1, -0.05) is 36.5 Å². The molecule has 2 aliphatic rings. The summed E-state index contributed by atoms with van der Waals surface area (Å²) < 4.78 is 12.9. The molecule has 11 heteroatoms. The van der Waals surface area contributed by atoms with Crippen LogP contribution in [0.15, 0.2) is 33.8 Å². The zero-order valence-electron chi connectivity index (χ0n) is 22.6. The van der Waals surface area contributed by atoms with Crippen molar-refractivity contribution in [2.45, 2.75) is 71.1 Å². The average molecular weight is 552 g/mol. The van der Waals surface area contributed by atoms with Crippen molar-refractivity contribution in [3.8, 4) is 22.8 Å². The van der Waals surface area contributed by atoms with Crippen molar-refractivity contribution >= 4 is 28.6 Å². The molecule has 1 aliphatic heterocycles. The molecule has 4 aromatic rings. The topological polar surface area (TPSA) is 115 Å². The van der Waals surface area contributed by atoms with E-state index in [1.807, 2.05) is 12.1 Å². The zero-order chi connectivity index (χ0) is 27.1. The van der Waals surface area contributed by atoms with Crippen LogP contribution in [0.1, 0.15) is 52.4 Å². The molecule has 0 bridgehead atoms. The molecular formula is C28H34ClN7O3. The summed E-state index contributed by atoms with van der Waals surface area (Å²) in [5, 5.41) is 4.41. The number of nitrogens with one attached hydrogen (secondary N) is 1. The van der Waals surface area contributed by atoms with E-state index in [9.17, 15) is 4.79 Å². The van der Waals surface area contributed by atoms with Crippen LogP contribution in [0.4, 0.5) is 5.95 Å². The molecule has 2 fully saturated rings. The van der Waals surface area contributed by atoms with Gasteiger partial charge >= 0.3 is 5.76 Å². The summed E-state index contributed by atoms with van der Waals surface area (Å²) in [5.41, 5.74) is 3.62. The summed E-state index contributed by atoms with van der Waals surface area (Å²) >= 11 is 6.38. The first-order chi connectivity index (χ1) is 18.9. The Morgan fingerprint density at radius 3 is 2.64 bits per heavy atom. The number of aromatic nitrogens is 6. The Bertz CT molecular complexity index is 1520. The lowest BCUT2D eigenvalue weighted by atomic mass is 9.83. The van der Waals surface area contributed by atoms with Gasteiger partial charge in [0.1, 0.15) is 5.69 Å². The lowest BCUT2D eigenvalue weighted by Gasteiger charge is -2.38. The lowest BCUT2D eigenvalue weighted by Crippen LogP contribution is -2.46. The van der Waals surface area contributed by atoms with Crippen LogP contribution in [0.25, 0.3) is 33.8 Å². The number of piperidine rings is 1. The number of pyridine rings is 2. The molecule has 1 aliphatic carbocycles. The molecule has 1 saturated carbocycles. The average Bonchev–Trinajstić information content (AvgIpc) is 3.53. The van der Waals surface area contributed by atoms with Gasteiger partial charge in [-0.2, -0.15) is 0 Å². The monoisotopic (exact) mass is 551 g/mol. The molecule has 206 valence electrons. The number of halogens is 1. The number of methoxy groups -OCH3 is 1. The fourth-order valence-electron chi connectivity index (χ4n) is 6.06. The number of imidazole rings is 1. The first-order valence-electron chi connectivity index (χ1n) is 13.8. The Morgan fingerprint density at radius 2 is 1.92 bits per heavy atom. The van der Waals surface area contributed by atoms with Gasteiger partial charge in [0.05, 0.1) is 27.9 Å². The number of fused-ring (bicyclic) bond motifs is 1. The summed E-state index contributed by atoms with van der Waals surface area (Å²) in [5.74, 6) is 1.85. The van der Waals surface area contributed by atoms with Gasteiger partial charge in [-0.05, 0) is 56.6 Å². The number of hydrogen-bond acceptors (Lipinski definition) is 8. The Morgan fingerprint density at radius 1 is 1.10 bits per heavy atom. The molecule has 10 nitrogen and oxygen atoms in total. The van der Waals surface area contributed by atoms with Gasteiger partial charge in [0.15, 0.2) is 0 Å². The van der Waals surface area contributed by atoms with Crippen molar-refractivity contribution < 1.29 is 9.26 Å². The number of nitrogens with zero attached hydrogens (tertiary/aromatic N) is 6. The Hall–Kier alpha value is -3.24. The normalized spacial score (nSPS) is 23.9. The molecule has 4 aromatic heterocycles. The standard InChI is InChI=1S/C28H34ClN7O3/c1-16-4-7-18(8-5-16)14-36-25-22(32-27(36)35-15-21(38-3)9-6-17(35)2)11-23(26-33-28(37)39-34-26)31-24(25)19-10-20(29)13-30-12-19/h10-13,16-18,21H,4-9,14-15H2,1-3H3,(H,33,34,37)/t16?,17-,18?,21?/m1/s1. The third kappa shape index (κ3) is 5.19. The molecular weight excluding hydrogens is 518 g/mol. The van der Waals surface area contributed by atoms with Crippen LogP contribution in [0.5, 0.6) is 0 Å². The second kappa shape index (κ2) is 10.7. The summed E-state index contributed by atoms with van der Waals surface area (Å²) in [6.07, 6.45) is 10.4. The molecule has 1 N–H and O–H groups in total. The van der Waals surface area contributed by atoms with Crippen LogP contribution in [0.2, 0.25) is 5.02 Å². The minimum absolute atomic E-state index is 0.149. The van der Waals surface area contributed by atoms with Crippen LogP contribution in [0, 0.1) is 11.8 Å². The third-order valence-corrected chi connectivity index (χ3v) is 8.58. The predicted octanol–water partition coefficient (Wildman–Crippen LogP) is 5.32. The zero-order valence-corrected chi connectivity index (χ0v) is 23.3. The molecule has 6 rings (SSSR count). The lowest BCUT2D eigenvalue weighted by molar-refractivity contribution is 0.0821. The van der Waals surface area contributed by atoms with Crippen LogP contribution < -0.4 is 10.7 Å². The van der Waals surface area contributed by atoms with E-state index in [4.69, 9.17) is 30.8 Å². The highest BCUT2D eigenvalue weighted by molar-refractivity contribution is 6.30. The number of anilines is 1.